The van der Waals surface area contributed by atoms with Crippen LogP contribution in [0.25, 0.3) is 0 Å². The molecule has 19 heteroatoms. The largest absolute Gasteiger partial charge is 0.472 e. The van der Waals surface area contributed by atoms with Gasteiger partial charge in [0.25, 0.3) is 0 Å². The second-order valence-corrected chi connectivity index (χ2v) is 32.8. The number of phosphoric ester groups is 2. The van der Waals surface area contributed by atoms with Gasteiger partial charge in [-0.1, -0.05) is 375 Å². The van der Waals surface area contributed by atoms with Gasteiger partial charge in [0.15, 0.2) is 12.2 Å². The summed E-state index contributed by atoms with van der Waals surface area (Å²) in [6.07, 6.45) is 62.6. The summed E-state index contributed by atoms with van der Waals surface area (Å²) < 4.78 is 68.6. The minimum Gasteiger partial charge on any atom is -0.462 e. The number of hydrogen-bond donors (Lipinski definition) is 3. The van der Waals surface area contributed by atoms with E-state index in [4.69, 9.17) is 37.0 Å². The van der Waals surface area contributed by atoms with Crippen molar-refractivity contribution in [3.63, 3.8) is 0 Å². The molecule has 6 atom stereocenters. The molecule has 3 N–H and O–H groups in total. The van der Waals surface area contributed by atoms with Crippen molar-refractivity contribution in [2.24, 2.45) is 11.8 Å². The lowest BCUT2D eigenvalue weighted by atomic mass is 9.99. The smallest absolute Gasteiger partial charge is 0.462 e. The monoisotopic (exact) mass is 1470 g/mol. The molecule has 0 fully saturated rings. The maximum atomic E-state index is 13.1. The first-order valence-electron chi connectivity index (χ1n) is 42.0. The first-order chi connectivity index (χ1) is 48.4. The molecule has 0 saturated heterocycles. The van der Waals surface area contributed by atoms with Crippen molar-refractivity contribution in [3.05, 3.63) is 0 Å². The molecule has 0 aliphatic rings. The summed E-state index contributed by atoms with van der Waals surface area (Å²) in [5.41, 5.74) is 0. The summed E-state index contributed by atoms with van der Waals surface area (Å²) in [4.78, 5) is 72.9. The highest BCUT2D eigenvalue weighted by atomic mass is 31.2. The molecule has 0 spiro atoms. The third-order valence-electron chi connectivity index (χ3n) is 19.3. The van der Waals surface area contributed by atoms with Gasteiger partial charge in [-0.25, -0.2) is 9.13 Å². The molecule has 0 radical (unpaired) electrons. The fourth-order valence-corrected chi connectivity index (χ4v) is 14.1. The molecule has 100 heavy (non-hydrogen) atoms. The molecule has 0 rings (SSSR count). The SMILES string of the molecule is CCCCCCCCCCCCCCCCCCCCCC(=O)OC[C@H](COP(=O)(O)OC[C@@H](O)COP(=O)(O)OC[C@@H](COC(=O)CCCCCCCCCC)OC(=O)CCCCCCCCCCC(C)CC)OC(=O)CCCCCCCCCCCCCCCCCCCCC(C)C. The predicted molar refractivity (Wildman–Crippen MR) is 409 cm³/mol. The zero-order chi connectivity index (χ0) is 73.5. The van der Waals surface area contributed by atoms with Crippen molar-refractivity contribution in [2.75, 3.05) is 39.6 Å². The number of unbranched alkanes of at least 4 members (excludes halogenated alkanes) is 49. The van der Waals surface area contributed by atoms with Crippen LogP contribution in [0.2, 0.25) is 0 Å². The number of hydrogen-bond acceptors (Lipinski definition) is 15. The number of rotatable bonds is 80. The van der Waals surface area contributed by atoms with Crippen molar-refractivity contribution in [3.8, 4) is 0 Å². The fourth-order valence-electron chi connectivity index (χ4n) is 12.5. The lowest BCUT2D eigenvalue weighted by Gasteiger charge is -2.21. The van der Waals surface area contributed by atoms with Crippen molar-refractivity contribution >= 4 is 39.5 Å². The van der Waals surface area contributed by atoms with Gasteiger partial charge in [-0.05, 0) is 37.5 Å². The van der Waals surface area contributed by atoms with Crippen LogP contribution in [-0.4, -0.2) is 96.7 Å². The Kier molecular flexibility index (Phi) is 71.2. The highest BCUT2D eigenvalue weighted by molar-refractivity contribution is 7.47. The van der Waals surface area contributed by atoms with Gasteiger partial charge in [0.1, 0.15) is 19.3 Å². The summed E-state index contributed by atoms with van der Waals surface area (Å²) in [5, 5.41) is 10.6. The zero-order valence-corrected chi connectivity index (χ0v) is 67.3. The Morgan fingerprint density at radius 2 is 0.510 bits per heavy atom. The number of esters is 4. The molecule has 594 valence electrons. The summed E-state index contributed by atoms with van der Waals surface area (Å²) >= 11 is 0. The average molecular weight is 1470 g/mol. The van der Waals surface area contributed by atoms with Crippen LogP contribution in [0.1, 0.15) is 427 Å². The molecule has 0 aromatic carbocycles. The van der Waals surface area contributed by atoms with Gasteiger partial charge in [0.2, 0.25) is 0 Å². The van der Waals surface area contributed by atoms with E-state index in [1.54, 1.807) is 0 Å². The Labute approximate surface area is 613 Å². The first kappa shape index (κ1) is 98.1. The van der Waals surface area contributed by atoms with E-state index in [1.165, 1.54) is 238 Å². The number of phosphoric acid groups is 2. The fraction of sp³-hybridized carbons (Fsp3) is 0.951. The van der Waals surface area contributed by atoms with E-state index < -0.39 is 97.5 Å². The van der Waals surface area contributed by atoms with Crippen LogP contribution in [0, 0.1) is 11.8 Å². The molecule has 0 aliphatic heterocycles. The molecule has 0 bridgehead atoms. The molecule has 0 aliphatic carbocycles. The van der Waals surface area contributed by atoms with Crippen LogP contribution >= 0.6 is 15.6 Å². The van der Waals surface area contributed by atoms with Crippen LogP contribution in [0.3, 0.4) is 0 Å². The van der Waals surface area contributed by atoms with Crippen molar-refractivity contribution < 1.29 is 80.2 Å². The Balaban J connectivity index is 5.18. The van der Waals surface area contributed by atoms with Crippen molar-refractivity contribution in [2.45, 2.75) is 445 Å². The van der Waals surface area contributed by atoms with Gasteiger partial charge in [0.05, 0.1) is 26.4 Å². The van der Waals surface area contributed by atoms with Crippen LogP contribution in [0.15, 0.2) is 0 Å². The average Bonchev–Trinajstić information content (AvgIpc) is 0.922. The topological polar surface area (TPSA) is 237 Å². The second-order valence-electron chi connectivity index (χ2n) is 29.9. The molecule has 0 aromatic rings. The van der Waals surface area contributed by atoms with Gasteiger partial charge >= 0.3 is 39.5 Å². The predicted octanol–water partition coefficient (Wildman–Crippen LogP) is 24.3. The lowest BCUT2D eigenvalue weighted by molar-refractivity contribution is -0.161. The van der Waals surface area contributed by atoms with E-state index in [-0.39, 0.29) is 25.7 Å². The normalized spacial score (nSPS) is 14.2. The third kappa shape index (κ3) is 73.0. The van der Waals surface area contributed by atoms with Crippen molar-refractivity contribution in [1.29, 1.82) is 0 Å². The maximum absolute atomic E-state index is 13.1. The quantitative estimate of drug-likeness (QED) is 0.0222. The van der Waals surface area contributed by atoms with E-state index in [1.807, 2.05) is 0 Å². The van der Waals surface area contributed by atoms with E-state index in [2.05, 4.69) is 41.5 Å². The number of carbonyl (C=O) groups excluding carboxylic acids is 4. The number of carbonyl (C=O) groups is 4. The Bertz CT molecular complexity index is 1930. The summed E-state index contributed by atoms with van der Waals surface area (Å²) in [7, 11) is -9.91. The van der Waals surface area contributed by atoms with E-state index in [9.17, 15) is 43.2 Å². The number of aliphatic hydroxyl groups excluding tert-OH is 1. The molecular formula is C81H158O17P2. The van der Waals surface area contributed by atoms with Gasteiger partial charge in [-0.3, -0.25) is 37.3 Å². The maximum Gasteiger partial charge on any atom is 0.472 e. The Hall–Kier alpha value is -1.94. The second kappa shape index (κ2) is 72.6. The van der Waals surface area contributed by atoms with Crippen molar-refractivity contribution in [1.82, 2.24) is 0 Å². The minimum atomic E-state index is -4.96. The van der Waals surface area contributed by atoms with Gasteiger partial charge in [-0.15, -0.1) is 0 Å². The molecular weight excluding hydrogens is 1310 g/mol. The summed E-state index contributed by atoms with van der Waals surface area (Å²) in [6.45, 7) is 9.63. The highest BCUT2D eigenvalue weighted by Crippen LogP contribution is 2.45. The van der Waals surface area contributed by atoms with Crippen LogP contribution < -0.4 is 0 Å². The Morgan fingerprint density at radius 3 is 0.760 bits per heavy atom. The molecule has 3 unspecified atom stereocenters. The third-order valence-corrected chi connectivity index (χ3v) is 21.2. The van der Waals surface area contributed by atoms with Gasteiger partial charge in [0, 0.05) is 25.7 Å². The molecule has 0 amide bonds. The molecule has 0 saturated carbocycles. The van der Waals surface area contributed by atoms with Gasteiger partial charge < -0.3 is 33.8 Å². The Morgan fingerprint density at radius 1 is 0.290 bits per heavy atom. The summed E-state index contributed by atoms with van der Waals surface area (Å²) in [6, 6.07) is 0. The van der Waals surface area contributed by atoms with E-state index >= 15 is 0 Å². The minimum absolute atomic E-state index is 0.105. The number of aliphatic hydroxyl groups is 1. The van der Waals surface area contributed by atoms with E-state index in [0.29, 0.717) is 25.7 Å². The van der Waals surface area contributed by atoms with E-state index in [0.717, 1.165) is 108 Å². The van der Waals surface area contributed by atoms with Crippen LogP contribution in [0.5, 0.6) is 0 Å². The number of ether oxygens (including phenoxy) is 4. The molecule has 17 nitrogen and oxygen atoms in total. The molecule has 0 aromatic heterocycles. The lowest BCUT2D eigenvalue weighted by Crippen LogP contribution is -2.30. The molecule has 0 heterocycles. The zero-order valence-electron chi connectivity index (χ0n) is 65.5. The standard InChI is InChI=1S/C81H158O17P2/c1-7-10-12-14-16-18-19-20-21-22-23-27-30-33-36-39-46-52-58-64-79(84)92-70-77(97-80(85)65-59-53-47-40-37-34-31-28-25-24-26-29-32-35-38-43-49-55-61-73(4)5)72-96-100(89,90)94-68-75(82)67-93-99(87,88)95-71-76(69-91-78(83)63-57-51-45-17-15-13-11-8-2)98-81(86)66-60-54-48-42-41-44-50-56-62-74(6)9-3/h73-77,82H,7-72H2,1-6H3,(H,87,88)(H,89,90)/t74?,75-,76+,77+/m0/s1. The van der Waals surface area contributed by atoms with Crippen LogP contribution in [-0.2, 0) is 65.4 Å². The highest BCUT2D eigenvalue weighted by Gasteiger charge is 2.30. The van der Waals surface area contributed by atoms with Crippen LogP contribution in [0.4, 0.5) is 0 Å². The van der Waals surface area contributed by atoms with Gasteiger partial charge in [-0.2, -0.15) is 0 Å². The summed E-state index contributed by atoms with van der Waals surface area (Å²) in [5.74, 6) is -0.524. The first-order valence-corrected chi connectivity index (χ1v) is 45.0.